The van der Waals surface area contributed by atoms with Gasteiger partial charge in [-0.3, -0.25) is 4.98 Å². The molecular weight excluding hydrogens is 562 g/mol. The Hall–Kier alpha value is -4.08. The zero-order valence-corrected chi connectivity index (χ0v) is 26.1. The summed E-state index contributed by atoms with van der Waals surface area (Å²) in [6.07, 6.45) is 7.71. The van der Waals surface area contributed by atoms with Gasteiger partial charge in [0.1, 0.15) is 24.1 Å². The van der Waals surface area contributed by atoms with Crippen molar-refractivity contribution in [1.82, 2.24) is 14.8 Å². The second kappa shape index (κ2) is 13.3. The van der Waals surface area contributed by atoms with Crippen molar-refractivity contribution in [3.63, 3.8) is 0 Å². The summed E-state index contributed by atoms with van der Waals surface area (Å²) in [6.45, 7) is 9.72. The van der Waals surface area contributed by atoms with Gasteiger partial charge in [-0.15, -0.1) is 0 Å². The van der Waals surface area contributed by atoms with Crippen LogP contribution in [0.1, 0.15) is 76.2 Å². The number of likely N-dealkylation sites (tertiary alicyclic amines) is 1. The number of benzene rings is 1. The molecule has 3 aliphatic rings. The number of allylic oxidation sites excluding steroid dienone is 1. The third-order valence-electron chi connectivity index (χ3n) is 8.24. The van der Waals surface area contributed by atoms with Crippen LogP contribution in [-0.2, 0) is 32.0 Å². The number of hydrogen-bond acceptors (Lipinski definition) is 8. The van der Waals surface area contributed by atoms with Gasteiger partial charge in [-0.25, -0.2) is 14.4 Å². The Kier molecular flexibility index (Phi) is 9.46. The molecule has 0 bridgehead atoms. The van der Waals surface area contributed by atoms with Crippen LogP contribution < -0.4 is 4.74 Å². The van der Waals surface area contributed by atoms with Crippen molar-refractivity contribution in [2.75, 3.05) is 26.2 Å². The molecule has 236 valence electrons. The van der Waals surface area contributed by atoms with Gasteiger partial charge in [-0.05, 0) is 65.0 Å². The van der Waals surface area contributed by atoms with Crippen LogP contribution in [0.3, 0.4) is 0 Å². The molecule has 0 N–H and O–H groups in total. The average molecular weight is 606 g/mol. The molecule has 10 heteroatoms. The molecule has 1 saturated heterocycles. The maximum atomic E-state index is 13.3. The number of ether oxygens (including phenoxy) is 4. The molecule has 2 amide bonds. The first-order valence-corrected chi connectivity index (χ1v) is 15.5. The molecule has 3 heterocycles. The van der Waals surface area contributed by atoms with Gasteiger partial charge in [0.2, 0.25) is 0 Å². The third kappa shape index (κ3) is 7.52. The van der Waals surface area contributed by atoms with Crippen molar-refractivity contribution in [3.05, 3.63) is 71.6 Å². The summed E-state index contributed by atoms with van der Waals surface area (Å²) in [4.78, 5) is 45.8. The Morgan fingerprint density at radius 3 is 2.50 bits per heavy atom. The minimum absolute atomic E-state index is 0.00486. The number of pyridine rings is 1. The molecule has 5 rings (SSSR count). The smallest absolute Gasteiger partial charge is 0.410 e. The SMILES string of the molecule is CCOC(=O)/C=C/CCC1c2c(OC3CC4(C3)CN(C(=O)OCc3ccccc3)C4)ccnc2CCN1C(=O)OC(C)(C)C. The lowest BCUT2D eigenvalue weighted by Crippen LogP contribution is -2.65. The Morgan fingerprint density at radius 1 is 1.05 bits per heavy atom. The topological polar surface area (TPSA) is 108 Å². The predicted molar refractivity (Wildman–Crippen MR) is 163 cm³/mol. The van der Waals surface area contributed by atoms with E-state index in [1.54, 1.807) is 29.0 Å². The van der Waals surface area contributed by atoms with E-state index in [-0.39, 0.29) is 42.3 Å². The predicted octanol–water partition coefficient (Wildman–Crippen LogP) is 6.00. The lowest BCUT2D eigenvalue weighted by atomic mass is 9.62. The minimum atomic E-state index is -0.634. The molecule has 1 aromatic carbocycles. The van der Waals surface area contributed by atoms with Crippen LogP contribution in [0.4, 0.5) is 9.59 Å². The average Bonchev–Trinajstić information content (AvgIpc) is 2.94. The highest BCUT2D eigenvalue weighted by molar-refractivity contribution is 5.81. The molecule has 10 nitrogen and oxygen atoms in total. The van der Waals surface area contributed by atoms with Gasteiger partial charge < -0.3 is 28.7 Å². The first-order chi connectivity index (χ1) is 21.1. The van der Waals surface area contributed by atoms with Gasteiger partial charge in [-0.2, -0.15) is 0 Å². The highest BCUT2D eigenvalue weighted by atomic mass is 16.6. The number of aromatic nitrogens is 1. The van der Waals surface area contributed by atoms with Crippen molar-refractivity contribution in [2.24, 2.45) is 5.41 Å². The monoisotopic (exact) mass is 605 g/mol. The quantitative estimate of drug-likeness (QED) is 0.195. The first-order valence-electron chi connectivity index (χ1n) is 15.5. The van der Waals surface area contributed by atoms with Crippen molar-refractivity contribution in [2.45, 2.75) is 84.2 Å². The van der Waals surface area contributed by atoms with E-state index in [9.17, 15) is 14.4 Å². The largest absolute Gasteiger partial charge is 0.490 e. The number of nitrogens with zero attached hydrogens (tertiary/aromatic N) is 3. The van der Waals surface area contributed by atoms with Crippen LogP contribution in [-0.4, -0.2) is 70.9 Å². The number of hydrogen-bond donors (Lipinski definition) is 0. The zero-order chi connectivity index (χ0) is 31.3. The van der Waals surface area contributed by atoms with E-state index < -0.39 is 5.60 Å². The van der Waals surface area contributed by atoms with E-state index in [1.807, 2.05) is 57.2 Å². The van der Waals surface area contributed by atoms with Crippen LogP contribution in [0.25, 0.3) is 0 Å². The molecule has 44 heavy (non-hydrogen) atoms. The molecule has 1 aliphatic carbocycles. The fraction of sp³-hybridized carbons (Fsp3) is 0.529. The molecule has 1 spiro atoms. The van der Waals surface area contributed by atoms with Crippen LogP contribution in [0.15, 0.2) is 54.7 Å². The molecule has 1 unspecified atom stereocenters. The van der Waals surface area contributed by atoms with Gasteiger partial charge >= 0.3 is 18.2 Å². The summed E-state index contributed by atoms with van der Waals surface area (Å²) >= 11 is 0. The number of amides is 2. The van der Waals surface area contributed by atoms with E-state index in [4.69, 9.17) is 18.9 Å². The summed E-state index contributed by atoms with van der Waals surface area (Å²) < 4.78 is 22.8. The van der Waals surface area contributed by atoms with Crippen molar-refractivity contribution in [3.8, 4) is 5.75 Å². The van der Waals surface area contributed by atoms with E-state index in [0.717, 1.165) is 35.4 Å². The Balaban J connectivity index is 1.22. The normalized spacial score (nSPS) is 19.1. The summed E-state index contributed by atoms with van der Waals surface area (Å²) in [6, 6.07) is 11.2. The van der Waals surface area contributed by atoms with Crippen LogP contribution >= 0.6 is 0 Å². The maximum Gasteiger partial charge on any atom is 0.410 e. The van der Waals surface area contributed by atoms with Gasteiger partial charge in [0, 0.05) is 49.3 Å². The van der Waals surface area contributed by atoms with Crippen LogP contribution in [0.2, 0.25) is 0 Å². The summed E-state index contributed by atoms with van der Waals surface area (Å²) in [5.41, 5.74) is 2.20. The number of esters is 1. The van der Waals surface area contributed by atoms with Crippen LogP contribution in [0, 0.1) is 5.41 Å². The van der Waals surface area contributed by atoms with Gasteiger partial charge in [0.25, 0.3) is 0 Å². The molecule has 2 fully saturated rings. The maximum absolute atomic E-state index is 13.3. The molecule has 1 saturated carbocycles. The molecule has 2 aliphatic heterocycles. The highest BCUT2D eigenvalue weighted by Gasteiger charge is 2.55. The van der Waals surface area contributed by atoms with E-state index in [1.165, 1.54) is 6.08 Å². The number of carbonyl (C=O) groups is 3. The number of carbonyl (C=O) groups excluding carboxylic acids is 3. The molecule has 0 radical (unpaired) electrons. The van der Waals surface area contributed by atoms with Crippen molar-refractivity contribution < 1.29 is 33.3 Å². The van der Waals surface area contributed by atoms with Crippen LogP contribution in [0.5, 0.6) is 5.75 Å². The van der Waals surface area contributed by atoms with Gasteiger partial charge in [0.05, 0.1) is 18.3 Å². The highest BCUT2D eigenvalue weighted by Crippen LogP contribution is 2.51. The molecular formula is C34H43N3O7. The molecule has 2 aromatic rings. The second-order valence-corrected chi connectivity index (χ2v) is 12.9. The lowest BCUT2D eigenvalue weighted by Gasteiger charge is -2.57. The van der Waals surface area contributed by atoms with E-state index in [2.05, 4.69) is 4.98 Å². The first kappa shape index (κ1) is 31.3. The van der Waals surface area contributed by atoms with Gasteiger partial charge in [-0.1, -0.05) is 36.4 Å². The van der Waals surface area contributed by atoms with E-state index >= 15 is 0 Å². The molecule has 1 atom stereocenters. The van der Waals surface area contributed by atoms with E-state index in [0.29, 0.717) is 45.5 Å². The number of fused-ring (bicyclic) bond motifs is 1. The summed E-state index contributed by atoms with van der Waals surface area (Å²) in [7, 11) is 0. The second-order valence-electron chi connectivity index (χ2n) is 12.9. The fourth-order valence-corrected chi connectivity index (χ4v) is 6.29. The zero-order valence-electron chi connectivity index (χ0n) is 26.1. The number of rotatable bonds is 9. The Morgan fingerprint density at radius 2 is 1.80 bits per heavy atom. The Labute approximate surface area is 259 Å². The lowest BCUT2D eigenvalue weighted by molar-refractivity contribution is -0.137. The minimum Gasteiger partial charge on any atom is -0.490 e. The standard InChI is InChI=1S/C34H43N3O7/c1-5-41-29(38)14-10-9-13-27-30-26(16-18-37(27)32(40)44-33(2,3)4)35-17-15-28(30)43-25-19-34(20-25)22-36(23-34)31(39)42-21-24-11-7-6-8-12-24/h6-8,10-12,14-15,17,25,27H,5,9,13,16,18-23H2,1-4H3/b14-10+. The Bertz CT molecular complexity index is 1360. The van der Waals surface area contributed by atoms with Crippen molar-refractivity contribution in [1.29, 1.82) is 0 Å². The third-order valence-corrected chi connectivity index (χ3v) is 8.24. The summed E-state index contributed by atoms with van der Waals surface area (Å²) in [5.74, 6) is 0.338. The fourth-order valence-electron chi connectivity index (χ4n) is 6.29. The summed E-state index contributed by atoms with van der Waals surface area (Å²) in [5, 5.41) is 0. The van der Waals surface area contributed by atoms with Crippen molar-refractivity contribution >= 4 is 18.2 Å². The van der Waals surface area contributed by atoms with Gasteiger partial charge in [0.15, 0.2) is 0 Å². The molecule has 1 aromatic heterocycles.